The fourth-order valence-electron chi connectivity index (χ4n) is 2.34. The number of aliphatic imine (C=N–C) groups is 1. The van der Waals surface area contributed by atoms with Crippen molar-refractivity contribution in [3.63, 3.8) is 0 Å². The van der Waals surface area contributed by atoms with Gasteiger partial charge >= 0.3 is 0 Å². The molecule has 1 amide bonds. The zero-order valence-corrected chi connectivity index (χ0v) is 13.2. The molecule has 0 bridgehead atoms. The second-order valence-corrected chi connectivity index (χ2v) is 5.06. The number of hydrogen-bond donors (Lipinski definition) is 1. The molecule has 122 valence electrons. The third kappa shape index (κ3) is 3.12. The van der Waals surface area contributed by atoms with Crippen LogP contribution in [0.5, 0.6) is 11.5 Å². The SMILES string of the molecule is COc1ccc(OC)c(/C=C2\N=C(c3cccc(F)c3)NC2=O)c1. The summed E-state index contributed by atoms with van der Waals surface area (Å²) in [5.74, 6) is 0.781. The minimum atomic E-state index is -0.392. The van der Waals surface area contributed by atoms with E-state index in [9.17, 15) is 9.18 Å². The molecule has 0 saturated carbocycles. The van der Waals surface area contributed by atoms with Crippen molar-refractivity contribution in [3.8, 4) is 11.5 Å². The van der Waals surface area contributed by atoms with E-state index >= 15 is 0 Å². The number of hydrogen-bond acceptors (Lipinski definition) is 4. The van der Waals surface area contributed by atoms with Gasteiger partial charge in [0.2, 0.25) is 0 Å². The number of nitrogens with zero attached hydrogens (tertiary/aromatic N) is 1. The van der Waals surface area contributed by atoms with Crippen molar-refractivity contribution in [2.45, 2.75) is 0 Å². The fraction of sp³-hybridized carbons (Fsp3) is 0.111. The number of methoxy groups -OCH3 is 2. The molecule has 0 radical (unpaired) electrons. The number of amides is 1. The van der Waals surface area contributed by atoms with Gasteiger partial charge in [0.05, 0.1) is 14.2 Å². The highest BCUT2D eigenvalue weighted by Crippen LogP contribution is 2.27. The number of nitrogens with one attached hydrogen (secondary N) is 1. The van der Waals surface area contributed by atoms with E-state index in [0.29, 0.717) is 28.5 Å². The average Bonchev–Trinajstić information content (AvgIpc) is 2.95. The van der Waals surface area contributed by atoms with E-state index in [4.69, 9.17) is 9.47 Å². The minimum absolute atomic E-state index is 0.209. The lowest BCUT2D eigenvalue weighted by molar-refractivity contribution is -0.115. The van der Waals surface area contributed by atoms with Crippen molar-refractivity contribution in [3.05, 3.63) is 65.1 Å². The van der Waals surface area contributed by atoms with Gasteiger partial charge < -0.3 is 14.8 Å². The first kappa shape index (κ1) is 15.7. The molecule has 2 aromatic carbocycles. The third-order valence-electron chi connectivity index (χ3n) is 3.52. The van der Waals surface area contributed by atoms with Gasteiger partial charge in [0.25, 0.3) is 5.91 Å². The Balaban J connectivity index is 2.00. The van der Waals surface area contributed by atoms with Crippen LogP contribution in [-0.2, 0) is 4.79 Å². The topological polar surface area (TPSA) is 59.9 Å². The molecule has 0 unspecified atom stereocenters. The van der Waals surface area contributed by atoms with Crippen molar-refractivity contribution in [1.82, 2.24) is 5.32 Å². The van der Waals surface area contributed by atoms with Crippen LogP contribution in [0, 0.1) is 5.82 Å². The smallest absolute Gasteiger partial charge is 0.275 e. The number of benzene rings is 2. The summed E-state index contributed by atoms with van der Waals surface area (Å²) in [6.45, 7) is 0. The molecule has 3 rings (SSSR count). The zero-order valence-electron chi connectivity index (χ0n) is 13.2. The molecule has 0 saturated heterocycles. The number of carbonyl (C=O) groups excluding carboxylic acids is 1. The summed E-state index contributed by atoms with van der Waals surface area (Å²) in [6.07, 6.45) is 1.60. The molecule has 24 heavy (non-hydrogen) atoms. The van der Waals surface area contributed by atoms with E-state index in [2.05, 4.69) is 10.3 Å². The normalized spacial score (nSPS) is 15.2. The first-order valence-corrected chi connectivity index (χ1v) is 7.20. The van der Waals surface area contributed by atoms with E-state index in [1.54, 1.807) is 50.6 Å². The maximum atomic E-state index is 13.3. The van der Waals surface area contributed by atoms with Crippen LogP contribution in [0.15, 0.2) is 53.2 Å². The molecular weight excluding hydrogens is 311 g/mol. The van der Waals surface area contributed by atoms with Crippen LogP contribution < -0.4 is 14.8 Å². The van der Waals surface area contributed by atoms with Crippen molar-refractivity contribution >= 4 is 17.8 Å². The van der Waals surface area contributed by atoms with Crippen LogP contribution in [0.4, 0.5) is 4.39 Å². The summed E-state index contributed by atoms with van der Waals surface area (Å²) < 4.78 is 23.8. The maximum Gasteiger partial charge on any atom is 0.275 e. The van der Waals surface area contributed by atoms with E-state index in [-0.39, 0.29) is 11.6 Å². The highest BCUT2D eigenvalue weighted by atomic mass is 19.1. The van der Waals surface area contributed by atoms with Gasteiger partial charge in [-0.15, -0.1) is 0 Å². The van der Waals surface area contributed by atoms with Crippen molar-refractivity contribution in [2.75, 3.05) is 14.2 Å². The lowest BCUT2D eigenvalue weighted by Gasteiger charge is -2.07. The van der Waals surface area contributed by atoms with Gasteiger partial charge in [-0.25, -0.2) is 9.38 Å². The second-order valence-electron chi connectivity index (χ2n) is 5.06. The van der Waals surface area contributed by atoms with E-state index in [0.717, 1.165) is 0 Å². The van der Waals surface area contributed by atoms with Crippen LogP contribution in [0.3, 0.4) is 0 Å². The van der Waals surface area contributed by atoms with E-state index in [1.165, 1.54) is 12.1 Å². The van der Waals surface area contributed by atoms with E-state index < -0.39 is 5.82 Å². The Morgan fingerprint density at radius 1 is 1.12 bits per heavy atom. The quantitative estimate of drug-likeness (QED) is 0.879. The molecule has 2 aromatic rings. The Morgan fingerprint density at radius 2 is 1.96 bits per heavy atom. The van der Waals surface area contributed by atoms with Gasteiger partial charge in [-0.1, -0.05) is 12.1 Å². The maximum absolute atomic E-state index is 13.3. The Bertz CT molecular complexity index is 859. The predicted octanol–water partition coefficient (Wildman–Crippen LogP) is 2.76. The number of amidine groups is 1. The molecule has 0 aromatic heterocycles. The van der Waals surface area contributed by atoms with Gasteiger partial charge in [-0.2, -0.15) is 0 Å². The summed E-state index contributed by atoms with van der Waals surface area (Å²) in [5.41, 5.74) is 1.37. The highest BCUT2D eigenvalue weighted by Gasteiger charge is 2.22. The Labute approximate surface area is 138 Å². The standard InChI is InChI=1S/C18H15FN2O3/c1-23-14-6-7-16(24-2)12(9-14)10-15-18(22)21-17(20-15)11-4-3-5-13(19)8-11/h3-10H,1-2H3,(H,20,21,22)/b15-10-. The van der Waals surface area contributed by atoms with Crippen LogP contribution in [0.2, 0.25) is 0 Å². The molecule has 6 heteroatoms. The van der Waals surface area contributed by atoms with Gasteiger partial charge in [0.15, 0.2) is 0 Å². The largest absolute Gasteiger partial charge is 0.497 e. The third-order valence-corrected chi connectivity index (χ3v) is 3.52. The number of ether oxygens (including phenoxy) is 2. The Kier molecular flexibility index (Phi) is 4.29. The Hall–Kier alpha value is -3.15. The molecular formula is C18H15FN2O3. The van der Waals surface area contributed by atoms with Crippen LogP contribution in [-0.4, -0.2) is 26.0 Å². The molecule has 0 fully saturated rings. The predicted molar refractivity (Wildman–Crippen MR) is 88.6 cm³/mol. The zero-order chi connectivity index (χ0) is 17.1. The van der Waals surface area contributed by atoms with Gasteiger partial charge in [0.1, 0.15) is 28.8 Å². The molecule has 1 aliphatic heterocycles. The molecule has 5 nitrogen and oxygen atoms in total. The van der Waals surface area contributed by atoms with Crippen molar-refractivity contribution < 1.29 is 18.7 Å². The highest BCUT2D eigenvalue weighted by molar-refractivity contribution is 6.19. The summed E-state index contributed by atoms with van der Waals surface area (Å²) in [7, 11) is 3.10. The summed E-state index contributed by atoms with van der Waals surface area (Å²) in [4.78, 5) is 16.4. The molecule has 1 heterocycles. The summed E-state index contributed by atoms with van der Waals surface area (Å²) in [5, 5.41) is 2.64. The van der Waals surface area contributed by atoms with E-state index in [1.807, 2.05) is 0 Å². The minimum Gasteiger partial charge on any atom is -0.497 e. The second kappa shape index (κ2) is 6.54. The van der Waals surface area contributed by atoms with Crippen molar-refractivity contribution in [1.29, 1.82) is 0 Å². The van der Waals surface area contributed by atoms with Gasteiger partial charge in [-0.05, 0) is 36.4 Å². The molecule has 0 atom stereocenters. The van der Waals surface area contributed by atoms with Crippen molar-refractivity contribution in [2.24, 2.45) is 4.99 Å². The fourth-order valence-corrected chi connectivity index (χ4v) is 2.34. The first-order chi connectivity index (χ1) is 11.6. The Morgan fingerprint density at radius 3 is 2.67 bits per heavy atom. The summed E-state index contributed by atoms with van der Waals surface area (Å²) >= 11 is 0. The summed E-state index contributed by atoms with van der Waals surface area (Å²) in [6, 6.07) is 11.1. The molecule has 0 aliphatic carbocycles. The number of rotatable bonds is 4. The molecule has 1 aliphatic rings. The lowest BCUT2D eigenvalue weighted by Crippen LogP contribution is -2.24. The number of halogens is 1. The number of carbonyl (C=O) groups is 1. The van der Waals surface area contributed by atoms with Crippen LogP contribution in [0.1, 0.15) is 11.1 Å². The molecule has 0 spiro atoms. The monoisotopic (exact) mass is 326 g/mol. The lowest BCUT2D eigenvalue weighted by atomic mass is 10.1. The van der Waals surface area contributed by atoms with Gasteiger partial charge in [0, 0.05) is 11.1 Å². The molecule has 1 N–H and O–H groups in total. The average molecular weight is 326 g/mol. The van der Waals surface area contributed by atoms with Crippen LogP contribution in [0.25, 0.3) is 6.08 Å². The van der Waals surface area contributed by atoms with Gasteiger partial charge in [-0.3, -0.25) is 4.79 Å². The first-order valence-electron chi connectivity index (χ1n) is 7.20. The van der Waals surface area contributed by atoms with Crippen LogP contribution >= 0.6 is 0 Å².